The lowest BCUT2D eigenvalue weighted by atomic mass is 10.1. The zero-order chi connectivity index (χ0) is 20.1. The molecular formula is C17H14F5NO3S. The minimum atomic E-state index is -5.01. The standard InChI is InChI=1S/C17H14F5NO3S/c1-8-6-9(2-5-11(8)24)7-23(10-3-4-10)27(25,26)17-15(21)13(19)12(18)14(20)16(17)22/h2,5-6,10,24H,3-4,7H2,1H3. The molecule has 0 saturated heterocycles. The van der Waals surface area contributed by atoms with E-state index in [4.69, 9.17) is 0 Å². The van der Waals surface area contributed by atoms with Gasteiger partial charge in [-0.05, 0) is 37.0 Å². The molecule has 0 bridgehead atoms. The van der Waals surface area contributed by atoms with Crippen molar-refractivity contribution < 1.29 is 35.5 Å². The average molecular weight is 407 g/mol. The number of hydrogen-bond acceptors (Lipinski definition) is 3. The second-order valence-corrected chi connectivity index (χ2v) is 8.13. The molecule has 10 heteroatoms. The van der Waals surface area contributed by atoms with Crippen LogP contribution < -0.4 is 0 Å². The Labute approximate surface area is 151 Å². The van der Waals surface area contributed by atoms with E-state index in [2.05, 4.69) is 0 Å². The van der Waals surface area contributed by atoms with Gasteiger partial charge < -0.3 is 5.11 Å². The van der Waals surface area contributed by atoms with E-state index in [1.165, 1.54) is 18.2 Å². The van der Waals surface area contributed by atoms with Gasteiger partial charge in [0.2, 0.25) is 15.8 Å². The Morgan fingerprint density at radius 1 is 1.00 bits per heavy atom. The number of phenolic OH excluding ortho intramolecular Hbond substituents is 1. The fraction of sp³-hybridized carbons (Fsp3) is 0.294. The molecule has 0 amide bonds. The van der Waals surface area contributed by atoms with Crippen molar-refractivity contribution in [1.82, 2.24) is 4.31 Å². The quantitative estimate of drug-likeness (QED) is 0.467. The second kappa shape index (κ2) is 6.75. The maximum Gasteiger partial charge on any atom is 0.249 e. The smallest absolute Gasteiger partial charge is 0.249 e. The maximum atomic E-state index is 14.0. The third kappa shape index (κ3) is 3.39. The van der Waals surface area contributed by atoms with Crippen LogP contribution in [0, 0.1) is 36.0 Å². The maximum absolute atomic E-state index is 14.0. The molecule has 1 N–H and O–H groups in total. The van der Waals surface area contributed by atoms with Crippen molar-refractivity contribution in [2.45, 2.75) is 37.2 Å². The Morgan fingerprint density at radius 2 is 1.52 bits per heavy atom. The summed E-state index contributed by atoms with van der Waals surface area (Å²) in [5, 5.41) is 9.55. The highest BCUT2D eigenvalue weighted by molar-refractivity contribution is 7.89. The van der Waals surface area contributed by atoms with Crippen LogP contribution in [0.5, 0.6) is 5.75 Å². The van der Waals surface area contributed by atoms with Gasteiger partial charge in [0.25, 0.3) is 0 Å². The van der Waals surface area contributed by atoms with Gasteiger partial charge in [0.15, 0.2) is 28.2 Å². The molecular weight excluding hydrogens is 393 g/mol. The van der Waals surface area contributed by atoms with Gasteiger partial charge in [-0.15, -0.1) is 0 Å². The van der Waals surface area contributed by atoms with E-state index >= 15 is 0 Å². The van der Waals surface area contributed by atoms with Crippen LogP contribution in [0.4, 0.5) is 22.0 Å². The van der Waals surface area contributed by atoms with Crippen LogP contribution in [0.15, 0.2) is 23.1 Å². The molecule has 1 aliphatic rings. The Bertz CT molecular complexity index is 993. The summed E-state index contributed by atoms with van der Waals surface area (Å²) in [4.78, 5) is -1.86. The first-order chi connectivity index (χ1) is 12.6. The molecule has 2 aromatic carbocycles. The molecule has 1 aliphatic carbocycles. The van der Waals surface area contributed by atoms with E-state index in [1.807, 2.05) is 0 Å². The van der Waals surface area contributed by atoms with Crippen molar-refractivity contribution in [2.24, 2.45) is 0 Å². The Kier molecular flexibility index (Phi) is 4.89. The number of benzene rings is 2. The van der Waals surface area contributed by atoms with Crippen molar-refractivity contribution >= 4 is 10.0 Å². The third-order valence-corrected chi connectivity index (χ3v) is 6.21. The Hall–Kier alpha value is -2.20. The van der Waals surface area contributed by atoms with Crippen LogP contribution in [0.2, 0.25) is 0 Å². The molecule has 146 valence electrons. The van der Waals surface area contributed by atoms with Gasteiger partial charge in [-0.3, -0.25) is 0 Å². The zero-order valence-electron chi connectivity index (χ0n) is 13.9. The van der Waals surface area contributed by atoms with Gasteiger partial charge in [0, 0.05) is 12.6 Å². The number of hydrogen-bond donors (Lipinski definition) is 1. The lowest BCUT2D eigenvalue weighted by Gasteiger charge is -2.23. The van der Waals surface area contributed by atoms with Crippen molar-refractivity contribution in [3.05, 3.63) is 58.4 Å². The van der Waals surface area contributed by atoms with E-state index in [1.54, 1.807) is 6.92 Å². The van der Waals surface area contributed by atoms with E-state index in [9.17, 15) is 35.5 Å². The molecule has 0 aromatic heterocycles. The minimum Gasteiger partial charge on any atom is -0.508 e. The summed E-state index contributed by atoms with van der Waals surface area (Å²) in [6, 6.07) is 3.59. The molecule has 0 radical (unpaired) electrons. The molecule has 3 rings (SSSR count). The minimum absolute atomic E-state index is 0.0284. The molecule has 0 spiro atoms. The third-order valence-electron chi connectivity index (χ3n) is 4.29. The number of halogens is 5. The summed E-state index contributed by atoms with van der Waals surface area (Å²) in [5.74, 6) is -11.9. The molecule has 1 saturated carbocycles. The summed E-state index contributed by atoms with van der Waals surface area (Å²) in [6.45, 7) is 1.23. The number of phenols is 1. The summed E-state index contributed by atoms with van der Waals surface area (Å²) < 4.78 is 94.5. The van der Waals surface area contributed by atoms with Crippen molar-refractivity contribution in [2.75, 3.05) is 0 Å². The number of sulfonamides is 1. The van der Waals surface area contributed by atoms with Crippen LogP contribution in [-0.2, 0) is 16.6 Å². The number of rotatable bonds is 5. The molecule has 4 nitrogen and oxygen atoms in total. The fourth-order valence-corrected chi connectivity index (χ4v) is 4.49. The second-order valence-electron chi connectivity index (χ2n) is 6.30. The van der Waals surface area contributed by atoms with Crippen molar-refractivity contribution in [3.8, 4) is 5.75 Å². The summed E-state index contributed by atoms with van der Waals surface area (Å²) in [7, 11) is -5.01. The van der Waals surface area contributed by atoms with Gasteiger partial charge in [-0.25, -0.2) is 30.4 Å². The monoisotopic (exact) mass is 407 g/mol. The average Bonchev–Trinajstić information content (AvgIpc) is 3.43. The summed E-state index contributed by atoms with van der Waals surface area (Å²) in [5.41, 5.74) is 0.835. The largest absolute Gasteiger partial charge is 0.508 e. The van der Waals surface area contributed by atoms with E-state index < -0.39 is 50.0 Å². The first-order valence-electron chi connectivity index (χ1n) is 7.87. The van der Waals surface area contributed by atoms with Crippen LogP contribution >= 0.6 is 0 Å². The topological polar surface area (TPSA) is 57.6 Å². The summed E-state index contributed by atoms with van der Waals surface area (Å²) in [6.07, 6.45) is 0.789. The van der Waals surface area contributed by atoms with Gasteiger partial charge in [-0.2, -0.15) is 4.31 Å². The number of aryl methyl sites for hydroxylation is 1. The molecule has 0 unspecified atom stereocenters. The fourth-order valence-electron chi connectivity index (χ4n) is 2.70. The SMILES string of the molecule is Cc1cc(CN(C2CC2)S(=O)(=O)c2c(F)c(F)c(F)c(F)c2F)ccc1O. The van der Waals surface area contributed by atoms with E-state index in [-0.39, 0.29) is 12.3 Å². The predicted molar refractivity (Wildman–Crippen MR) is 84.8 cm³/mol. The highest BCUT2D eigenvalue weighted by Gasteiger charge is 2.43. The molecule has 2 aromatic rings. The van der Waals surface area contributed by atoms with Gasteiger partial charge in [0.05, 0.1) is 0 Å². The Morgan fingerprint density at radius 3 is 2.00 bits per heavy atom. The highest BCUT2D eigenvalue weighted by Crippen LogP contribution is 2.37. The van der Waals surface area contributed by atoms with E-state index in [0.29, 0.717) is 24.0 Å². The summed E-state index contributed by atoms with van der Waals surface area (Å²) >= 11 is 0. The van der Waals surface area contributed by atoms with Gasteiger partial charge in [-0.1, -0.05) is 12.1 Å². The highest BCUT2D eigenvalue weighted by atomic mass is 32.2. The molecule has 0 aliphatic heterocycles. The van der Waals surface area contributed by atoms with Crippen LogP contribution in [-0.4, -0.2) is 23.9 Å². The molecule has 0 heterocycles. The van der Waals surface area contributed by atoms with Gasteiger partial charge in [0.1, 0.15) is 5.75 Å². The van der Waals surface area contributed by atoms with Crippen LogP contribution in [0.1, 0.15) is 24.0 Å². The first kappa shape index (κ1) is 19.6. The van der Waals surface area contributed by atoms with Crippen molar-refractivity contribution in [3.63, 3.8) is 0 Å². The first-order valence-corrected chi connectivity index (χ1v) is 9.31. The molecule has 27 heavy (non-hydrogen) atoms. The number of nitrogens with zero attached hydrogens (tertiary/aromatic N) is 1. The lowest BCUT2D eigenvalue weighted by molar-refractivity contribution is 0.346. The zero-order valence-corrected chi connectivity index (χ0v) is 14.8. The van der Waals surface area contributed by atoms with Crippen molar-refractivity contribution in [1.29, 1.82) is 0 Å². The normalized spacial score (nSPS) is 14.8. The number of aromatic hydroxyl groups is 1. The molecule has 1 fully saturated rings. The Balaban J connectivity index is 2.10. The predicted octanol–water partition coefficient (Wildman–Crippen LogP) is 3.75. The van der Waals surface area contributed by atoms with Crippen LogP contribution in [0.3, 0.4) is 0 Å². The van der Waals surface area contributed by atoms with Crippen LogP contribution in [0.25, 0.3) is 0 Å². The molecule has 0 atom stereocenters. The van der Waals surface area contributed by atoms with Gasteiger partial charge >= 0.3 is 0 Å². The lowest BCUT2D eigenvalue weighted by Crippen LogP contribution is -2.34. The van der Waals surface area contributed by atoms with E-state index in [0.717, 1.165) is 4.31 Å².